The Morgan fingerprint density at radius 3 is 2.45 bits per heavy atom. The minimum atomic E-state index is -0.0631. The molecular weight excluding hydrogens is 274 g/mol. The number of amides is 1. The van der Waals surface area contributed by atoms with Crippen molar-refractivity contribution < 1.29 is 9.90 Å². The molecular formula is C19H23NO2. The molecule has 2 N–H and O–H groups in total. The Labute approximate surface area is 132 Å². The molecule has 0 aliphatic heterocycles. The first kappa shape index (κ1) is 16.2. The topological polar surface area (TPSA) is 49.3 Å². The second-order valence-electron chi connectivity index (χ2n) is 5.41. The van der Waals surface area contributed by atoms with Gasteiger partial charge in [0.25, 0.3) is 5.91 Å². The summed E-state index contributed by atoms with van der Waals surface area (Å²) in [6.07, 6.45) is 2.14. The van der Waals surface area contributed by atoms with Gasteiger partial charge in [0, 0.05) is 18.2 Å². The van der Waals surface area contributed by atoms with Gasteiger partial charge in [0.1, 0.15) is 0 Å². The van der Waals surface area contributed by atoms with Gasteiger partial charge >= 0.3 is 0 Å². The first-order chi connectivity index (χ1) is 10.7. The molecule has 2 aromatic carbocycles. The quantitative estimate of drug-likeness (QED) is 0.824. The highest BCUT2D eigenvalue weighted by Crippen LogP contribution is 2.15. The predicted molar refractivity (Wildman–Crippen MR) is 88.9 cm³/mol. The van der Waals surface area contributed by atoms with Crippen LogP contribution in [0.1, 0.15) is 41.3 Å². The third-order valence-electron chi connectivity index (χ3n) is 3.80. The van der Waals surface area contributed by atoms with Crippen molar-refractivity contribution in [3.63, 3.8) is 0 Å². The second-order valence-corrected chi connectivity index (χ2v) is 5.41. The fourth-order valence-electron chi connectivity index (χ4n) is 2.51. The van der Waals surface area contributed by atoms with E-state index in [1.807, 2.05) is 49.4 Å². The largest absolute Gasteiger partial charge is 0.396 e. The van der Waals surface area contributed by atoms with Crippen molar-refractivity contribution in [1.29, 1.82) is 0 Å². The highest BCUT2D eigenvalue weighted by molar-refractivity contribution is 5.96. The molecule has 0 bridgehead atoms. The van der Waals surface area contributed by atoms with Gasteiger partial charge < -0.3 is 10.4 Å². The van der Waals surface area contributed by atoms with E-state index in [0.29, 0.717) is 12.0 Å². The number of hydrogen-bond donors (Lipinski definition) is 2. The van der Waals surface area contributed by atoms with E-state index in [1.54, 1.807) is 0 Å². The molecule has 0 aliphatic carbocycles. The molecule has 1 amide bonds. The zero-order valence-electron chi connectivity index (χ0n) is 13.0. The zero-order valence-corrected chi connectivity index (χ0v) is 13.0. The van der Waals surface area contributed by atoms with Gasteiger partial charge in [0.15, 0.2) is 0 Å². The molecule has 0 saturated heterocycles. The zero-order chi connectivity index (χ0) is 15.8. The number of aliphatic hydroxyl groups excluding tert-OH is 1. The monoisotopic (exact) mass is 297 g/mol. The van der Waals surface area contributed by atoms with Crippen molar-refractivity contribution in [2.24, 2.45) is 0 Å². The van der Waals surface area contributed by atoms with E-state index in [2.05, 4.69) is 17.4 Å². The van der Waals surface area contributed by atoms with Gasteiger partial charge in [0.2, 0.25) is 0 Å². The van der Waals surface area contributed by atoms with Crippen LogP contribution in [0.25, 0.3) is 0 Å². The Hall–Kier alpha value is -2.13. The molecule has 3 heteroatoms. The summed E-state index contributed by atoms with van der Waals surface area (Å²) in [7, 11) is 0. The standard InChI is InChI=1S/C19H23NO2/c1-2-17(12-13-21)20-19(22)18-11-7-6-10-16(18)14-15-8-4-3-5-9-15/h3-11,17,21H,2,12-14H2,1H3,(H,20,22). The minimum absolute atomic E-state index is 0.0160. The van der Waals surface area contributed by atoms with Crippen molar-refractivity contribution in [3.8, 4) is 0 Å². The van der Waals surface area contributed by atoms with Gasteiger partial charge in [-0.2, -0.15) is 0 Å². The van der Waals surface area contributed by atoms with E-state index in [9.17, 15) is 4.79 Å². The van der Waals surface area contributed by atoms with Crippen LogP contribution in [0.15, 0.2) is 54.6 Å². The van der Waals surface area contributed by atoms with Gasteiger partial charge in [-0.05, 0) is 36.5 Å². The van der Waals surface area contributed by atoms with Crippen LogP contribution in [0.4, 0.5) is 0 Å². The summed E-state index contributed by atoms with van der Waals surface area (Å²) in [6, 6.07) is 17.8. The number of carbonyl (C=O) groups is 1. The average Bonchev–Trinajstić information content (AvgIpc) is 2.55. The summed E-state index contributed by atoms with van der Waals surface area (Å²) in [4.78, 5) is 12.5. The van der Waals surface area contributed by atoms with E-state index in [1.165, 1.54) is 5.56 Å². The summed E-state index contributed by atoms with van der Waals surface area (Å²) in [5, 5.41) is 12.1. The van der Waals surface area contributed by atoms with Crippen LogP contribution in [0, 0.1) is 0 Å². The fraction of sp³-hybridized carbons (Fsp3) is 0.316. The lowest BCUT2D eigenvalue weighted by Gasteiger charge is -2.17. The number of nitrogens with one attached hydrogen (secondary N) is 1. The van der Waals surface area contributed by atoms with Gasteiger partial charge in [-0.25, -0.2) is 0 Å². The first-order valence-corrected chi connectivity index (χ1v) is 7.78. The molecule has 0 spiro atoms. The maximum atomic E-state index is 12.5. The molecule has 2 rings (SSSR count). The van der Waals surface area contributed by atoms with Crippen LogP contribution in [0.2, 0.25) is 0 Å². The molecule has 0 radical (unpaired) electrons. The molecule has 3 nitrogen and oxygen atoms in total. The lowest BCUT2D eigenvalue weighted by atomic mass is 9.99. The van der Waals surface area contributed by atoms with Crippen molar-refractivity contribution in [3.05, 3.63) is 71.3 Å². The first-order valence-electron chi connectivity index (χ1n) is 7.78. The fourth-order valence-corrected chi connectivity index (χ4v) is 2.51. The van der Waals surface area contributed by atoms with Crippen LogP contribution >= 0.6 is 0 Å². The lowest BCUT2D eigenvalue weighted by molar-refractivity contribution is 0.0928. The van der Waals surface area contributed by atoms with E-state index in [-0.39, 0.29) is 18.6 Å². The summed E-state index contributed by atoms with van der Waals surface area (Å²) in [5.74, 6) is -0.0631. The van der Waals surface area contributed by atoms with Crippen LogP contribution in [-0.4, -0.2) is 23.7 Å². The molecule has 1 unspecified atom stereocenters. The summed E-state index contributed by atoms with van der Waals surface area (Å²) in [5.41, 5.74) is 2.91. The Kier molecular flexibility index (Phi) is 6.16. The van der Waals surface area contributed by atoms with E-state index < -0.39 is 0 Å². The highest BCUT2D eigenvalue weighted by Gasteiger charge is 2.14. The van der Waals surface area contributed by atoms with Gasteiger partial charge in [-0.1, -0.05) is 55.5 Å². The molecule has 22 heavy (non-hydrogen) atoms. The molecule has 0 aliphatic rings. The maximum absolute atomic E-state index is 12.5. The normalized spacial score (nSPS) is 11.9. The van der Waals surface area contributed by atoms with Crippen LogP contribution < -0.4 is 5.32 Å². The Morgan fingerprint density at radius 2 is 1.77 bits per heavy atom. The predicted octanol–water partition coefficient (Wildman–Crippen LogP) is 3.17. The molecule has 2 aromatic rings. The molecule has 1 atom stereocenters. The van der Waals surface area contributed by atoms with E-state index in [4.69, 9.17) is 5.11 Å². The Balaban J connectivity index is 2.15. The number of rotatable bonds is 7. The smallest absolute Gasteiger partial charge is 0.251 e. The number of hydrogen-bond acceptors (Lipinski definition) is 2. The molecule has 0 fully saturated rings. The molecule has 0 aromatic heterocycles. The van der Waals surface area contributed by atoms with Gasteiger partial charge in [0.05, 0.1) is 0 Å². The number of aliphatic hydroxyl groups is 1. The summed E-state index contributed by atoms with van der Waals surface area (Å²) < 4.78 is 0. The van der Waals surface area contributed by atoms with Crippen LogP contribution in [-0.2, 0) is 6.42 Å². The Morgan fingerprint density at radius 1 is 1.09 bits per heavy atom. The van der Waals surface area contributed by atoms with Gasteiger partial charge in [-0.15, -0.1) is 0 Å². The maximum Gasteiger partial charge on any atom is 0.251 e. The average molecular weight is 297 g/mol. The van der Waals surface area contributed by atoms with Crippen LogP contribution in [0.3, 0.4) is 0 Å². The lowest BCUT2D eigenvalue weighted by Crippen LogP contribution is -2.35. The number of carbonyl (C=O) groups excluding carboxylic acids is 1. The highest BCUT2D eigenvalue weighted by atomic mass is 16.3. The van der Waals surface area contributed by atoms with Crippen molar-refractivity contribution in [2.75, 3.05) is 6.61 Å². The summed E-state index contributed by atoms with van der Waals surface area (Å²) >= 11 is 0. The third kappa shape index (κ3) is 4.43. The Bertz CT molecular complexity index is 595. The SMILES string of the molecule is CCC(CCO)NC(=O)c1ccccc1Cc1ccccc1. The van der Waals surface area contributed by atoms with Gasteiger partial charge in [-0.3, -0.25) is 4.79 Å². The molecule has 116 valence electrons. The van der Waals surface area contributed by atoms with Crippen molar-refractivity contribution in [1.82, 2.24) is 5.32 Å². The number of benzene rings is 2. The summed E-state index contributed by atoms with van der Waals surface area (Å²) in [6.45, 7) is 2.10. The van der Waals surface area contributed by atoms with E-state index >= 15 is 0 Å². The van der Waals surface area contributed by atoms with Crippen LogP contribution in [0.5, 0.6) is 0 Å². The van der Waals surface area contributed by atoms with E-state index in [0.717, 1.165) is 18.4 Å². The van der Waals surface area contributed by atoms with Crippen molar-refractivity contribution in [2.45, 2.75) is 32.2 Å². The van der Waals surface area contributed by atoms with Crippen molar-refractivity contribution >= 4 is 5.91 Å². The minimum Gasteiger partial charge on any atom is -0.396 e. The molecule has 0 heterocycles. The molecule has 0 saturated carbocycles. The second kappa shape index (κ2) is 8.35. The third-order valence-corrected chi connectivity index (χ3v) is 3.80.